The molecule has 0 spiro atoms. The fraction of sp³-hybridized carbons (Fsp3) is 0.400. The maximum Gasteiger partial charge on any atom is 0.181 e. The predicted octanol–water partition coefficient (Wildman–Crippen LogP) is 2.90. The summed E-state index contributed by atoms with van der Waals surface area (Å²) < 4.78 is 5.34. The van der Waals surface area contributed by atoms with Gasteiger partial charge in [0.2, 0.25) is 0 Å². The molecular weight excluding hydrogens is 238 g/mol. The summed E-state index contributed by atoms with van der Waals surface area (Å²) >= 11 is 0. The van der Waals surface area contributed by atoms with Gasteiger partial charge in [0.1, 0.15) is 0 Å². The first-order chi connectivity index (χ1) is 9.42. The van der Waals surface area contributed by atoms with Crippen LogP contribution < -0.4 is 10.6 Å². The topological polar surface area (TPSA) is 50.1 Å². The number of hydrogen-bond acceptors (Lipinski definition) is 4. The van der Waals surface area contributed by atoms with E-state index < -0.39 is 0 Å². The van der Waals surface area contributed by atoms with Crippen LogP contribution in [0.4, 0.5) is 5.69 Å². The fourth-order valence-electron chi connectivity index (χ4n) is 2.52. The molecule has 0 amide bonds. The van der Waals surface area contributed by atoms with Gasteiger partial charge in [-0.25, -0.2) is 4.98 Å². The van der Waals surface area contributed by atoms with Crippen molar-refractivity contribution >= 4 is 5.69 Å². The molecule has 2 N–H and O–H groups in total. The average molecular weight is 257 g/mol. The summed E-state index contributed by atoms with van der Waals surface area (Å²) in [6.07, 6.45) is 6.84. The van der Waals surface area contributed by atoms with E-state index in [4.69, 9.17) is 4.42 Å². The van der Waals surface area contributed by atoms with Crippen molar-refractivity contribution in [2.45, 2.75) is 25.3 Å². The van der Waals surface area contributed by atoms with Crippen LogP contribution in [0.2, 0.25) is 0 Å². The van der Waals surface area contributed by atoms with Crippen LogP contribution in [0, 0.1) is 0 Å². The highest BCUT2D eigenvalue weighted by atomic mass is 16.3. The van der Waals surface area contributed by atoms with Gasteiger partial charge in [-0.2, -0.15) is 0 Å². The Morgan fingerprint density at radius 1 is 1.26 bits per heavy atom. The molecule has 3 rings (SSSR count). The number of oxazole rings is 1. The van der Waals surface area contributed by atoms with Crippen molar-refractivity contribution in [2.75, 3.05) is 18.4 Å². The van der Waals surface area contributed by atoms with Crippen LogP contribution in [-0.4, -0.2) is 24.1 Å². The van der Waals surface area contributed by atoms with Gasteiger partial charge in [-0.05, 0) is 44.5 Å². The maximum absolute atomic E-state index is 5.34. The van der Waals surface area contributed by atoms with Gasteiger partial charge in [0, 0.05) is 17.3 Å². The molecule has 4 heteroatoms. The average Bonchev–Trinajstić information content (AvgIpc) is 2.86. The van der Waals surface area contributed by atoms with Gasteiger partial charge in [-0.15, -0.1) is 0 Å². The monoisotopic (exact) mass is 257 g/mol. The third kappa shape index (κ3) is 3.15. The zero-order chi connectivity index (χ0) is 12.9. The quantitative estimate of drug-likeness (QED) is 0.887. The molecule has 0 aliphatic carbocycles. The van der Waals surface area contributed by atoms with Crippen molar-refractivity contribution < 1.29 is 4.42 Å². The van der Waals surface area contributed by atoms with Crippen LogP contribution in [0.25, 0.3) is 11.3 Å². The van der Waals surface area contributed by atoms with Crippen molar-refractivity contribution in [2.24, 2.45) is 0 Å². The summed E-state index contributed by atoms with van der Waals surface area (Å²) in [5.41, 5.74) is 2.22. The second kappa shape index (κ2) is 5.89. The van der Waals surface area contributed by atoms with Gasteiger partial charge in [-0.1, -0.05) is 12.1 Å². The van der Waals surface area contributed by atoms with Gasteiger partial charge in [0.25, 0.3) is 0 Å². The Morgan fingerprint density at radius 3 is 3.16 bits per heavy atom. The predicted molar refractivity (Wildman–Crippen MR) is 76.1 cm³/mol. The Bertz CT molecular complexity index is 502. The zero-order valence-corrected chi connectivity index (χ0v) is 10.9. The van der Waals surface area contributed by atoms with Crippen LogP contribution in [-0.2, 0) is 0 Å². The van der Waals surface area contributed by atoms with Crippen LogP contribution in [0.3, 0.4) is 0 Å². The number of nitrogens with one attached hydrogen (secondary N) is 2. The Morgan fingerprint density at radius 2 is 2.26 bits per heavy atom. The van der Waals surface area contributed by atoms with Crippen molar-refractivity contribution in [3.8, 4) is 11.3 Å². The fourth-order valence-corrected chi connectivity index (χ4v) is 2.52. The Labute approximate surface area is 113 Å². The van der Waals surface area contributed by atoms with E-state index in [9.17, 15) is 0 Å². The minimum absolute atomic E-state index is 0.556. The minimum Gasteiger partial charge on any atom is -0.444 e. The molecule has 1 fully saturated rings. The van der Waals surface area contributed by atoms with E-state index >= 15 is 0 Å². The largest absolute Gasteiger partial charge is 0.444 e. The van der Waals surface area contributed by atoms with Crippen molar-refractivity contribution in [3.63, 3.8) is 0 Å². The summed E-state index contributed by atoms with van der Waals surface area (Å²) in [5, 5.41) is 7.05. The summed E-state index contributed by atoms with van der Waals surface area (Å²) in [4.78, 5) is 3.96. The number of hydrogen-bond donors (Lipinski definition) is 2. The lowest BCUT2D eigenvalue weighted by Crippen LogP contribution is -2.21. The minimum atomic E-state index is 0.556. The molecule has 100 valence electrons. The normalized spacial score (nSPS) is 19.9. The molecule has 1 aliphatic rings. The number of nitrogens with zero attached hydrogens (tertiary/aromatic N) is 1. The highest BCUT2D eigenvalue weighted by Gasteiger charge is 2.12. The molecule has 0 radical (unpaired) electrons. The van der Waals surface area contributed by atoms with E-state index in [1.165, 1.54) is 25.7 Å². The standard InChI is InChI=1S/C15H19N3O/c1-3-12(15-10-17-11-19-15)9-14(4-1)18-13-5-2-7-16-8-6-13/h1,3-4,9-11,13,16,18H,2,5-8H2. The Hall–Kier alpha value is -1.81. The summed E-state index contributed by atoms with van der Waals surface area (Å²) in [6, 6.07) is 8.88. The van der Waals surface area contributed by atoms with Gasteiger partial charge in [0.15, 0.2) is 12.2 Å². The molecule has 19 heavy (non-hydrogen) atoms. The van der Waals surface area contributed by atoms with E-state index in [0.717, 1.165) is 30.1 Å². The van der Waals surface area contributed by atoms with Crippen molar-refractivity contribution in [1.82, 2.24) is 10.3 Å². The van der Waals surface area contributed by atoms with Crippen molar-refractivity contribution in [1.29, 1.82) is 0 Å². The third-order valence-corrected chi connectivity index (χ3v) is 3.53. The molecule has 1 saturated heterocycles. The van der Waals surface area contributed by atoms with Crippen molar-refractivity contribution in [3.05, 3.63) is 36.9 Å². The first-order valence-electron chi connectivity index (χ1n) is 6.88. The molecule has 1 aromatic heterocycles. The molecular formula is C15H19N3O. The maximum atomic E-state index is 5.34. The highest BCUT2D eigenvalue weighted by molar-refractivity contribution is 5.63. The molecule has 0 bridgehead atoms. The molecule has 1 aromatic carbocycles. The molecule has 2 aromatic rings. The van der Waals surface area contributed by atoms with Crippen LogP contribution in [0.15, 0.2) is 41.3 Å². The molecule has 2 heterocycles. The van der Waals surface area contributed by atoms with E-state index in [2.05, 4.69) is 33.8 Å². The first kappa shape index (κ1) is 12.2. The van der Waals surface area contributed by atoms with Gasteiger partial charge in [-0.3, -0.25) is 0 Å². The smallest absolute Gasteiger partial charge is 0.181 e. The summed E-state index contributed by atoms with van der Waals surface area (Å²) in [7, 11) is 0. The molecule has 4 nitrogen and oxygen atoms in total. The van der Waals surface area contributed by atoms with Crippen LogP contribution in [0.1, 0.15) is 19.3 Å². The summed E-state index contributed by atoms with van der Waals surface area (Å²) in [6.45, 7) is 2.23. The second-order valence-electron chi connectivity index (χ2n) is 4.97. The van der Waals surface area contributed by atoms with Gasteiger partial charge < -0.3 is 15.1 Å². The molecule has 1 atom stereocenters. The molecule has 0 saturated carbocycles. The Balaban J connectivity index is 1.72. The number of anilines is 1. The summed E-state index contributed by atoms with van der Waals surface area (Å²) in [5.74, 6) is 0.811. The van der Waals surface area contributed by atoms with Crippen LogP contribution in [0.5, 0.6) is 0 Å². The van der Waals surface area contributed by atoms with Gasteiger partial charge in [0.05, 0.1) is 6.20 Å². The number of aromatic nitrogens is 1. The molecule has 1 unspecified atom stereocenters. The lowest BCUT2D eigenvalue weighted by atomic mass is 10.1. The number of rotatable bonds is 3. The first-order valence-corrected chi connectivity index (χ1v) is 6.88. The Kier molecular flexibility index (Phi) is 3.79. The van der Waals surface area contributed by atoms with E-state index in [-0.39, 0.29) is 0 Å². The van der Waals surface area contributed by atoms with E-state index in [1.807, 2.05) is 6.07 Å². The third-order valence-electron chi connectivity index (χ3n) is 3.53. The second-order valence-corrected chi connectivity index (χ2v) is 4.97. The SMILES string of the molecule is c1cc(NC2CCCNCC2)cc(-c2cnco2)c1. The van der Waals surface area contributed by atoms with E-state index in [1.54, 1.807) is 6.20 Å². The molecule has 1 aliphatic heterocycles. The van der Waals surface area contributed by atoms with E-state index in [0.29, 0.717) is 6.04 Å². The zero-order valence-electron chi connectivity index (χ0n) is 10.9. The lowest BCUT2D eigenvalue weighted by Gasteiger charge is -2.17. The number of benzene rings is 1. The van der Waals surface area contributed by atoms with Crippen LogP contribution >= 0.6 is 0 Å². The lowest BCUT2D eigenvalue weighted by molar-refractivity contribution is 0.572. The highest BCUT2D eigenvalue weighted by Crippen LogP contribution is 2.23. The van der Waals surface area contributed by atoms with Gasteiger partial charge >= 0.3 is 0 Å².